The molecule has 0 aliphatic heterocycles. The lowest BCUT2D eigenvalue weighted by Crippen LogP contribution is -2.38. The van der Waals surface area contributed by atoms with Crippen LogP contribution in [0.4, 0.5) is 0 Å². The first-order valence-electron chi connectivity index (χ1n) is 5.73. The fraction of sp³-hybridized carbons (Fsp3) is 0.417. The van der Waals surface area contributed by atoms with Crippen LogP contribution in [0.15, 0.2) is 34.0 Å². The molecule has 0 amide bonds. The lowest BCUT2D eigenvalue weighted by molar-refractivity contribution is -0.137. The second-order valence-corrected chi connectivity index (χ2v) is 3.49. The molecule has 0 fully saturated rings. The summed E-state index contributed by atoms with van der Waals surface area (Å²) in [6.45, 7) is 4.34. The molecule has 1 heterocycles. The van der Waals surface area contributed by atoms with Crippen molar-refractivity contribution >= 4 is 5.97 Å². The molecule has 0 spiro atoms. The Labute approximate surface area is 104 Å². The van der Waals surface area contributed by atoms with Crippen LogP contribution in [0.5, 0.6) is 0 Å². The van der Waals surface area contributed by atoms with Gasteiger partial charge >= 0.3 is 11.7 Å². The quantitative estimate of drug-likeness (QED) is 0.552. The summed E-state index contributed by atoms with van der Waals surface area (Å²) in [6, 6.07) is 1.32. The number of carbonyl (C=O) groups is 1. The minimum Gasteiger partial charge on any atom is -0.463 e. The summed E-state index contributed by atoms with van der Waals surface area (Å²) in [4.78, 5) is 34.4. The second-order valence-electron chi connectivity index (χ2n) is 3.49. The lowest BCUT2D eigenvalue weighted by atomic mass is 10.4. The lowest BCUT2D eigenvalue weighted by Gasteiger charge is -2.05. The van der Waals surface area contributed by atoms with Gasteiger partial charge in [0.15, 0.2) is 0 Å². The number of hydrogen-bond acceptors (Lipinski definition) is 4. The zero-order valence-corrected chi connectivity index (χ0v) is 10.5. The van der Waals surface area contributed by atoms with Crippen LogP contribution >= 0.6 is 0 Å². The van der Waals surface area contributed by atoms with Crippen LogP contribution in [0.25, 0.3) is 0 Å². The topological polar surface area (TPSA) is 70.3 Å². The van der Waals surface area contributed by atoms with E-state index in [1.54, 1.807) is 6.92 Å². The van der Waals surface area contributed by atoms with Crippen molar-refractivity contribution < 1.29 is 9.53 Å². The number of carbonyl (C=O) groups excluding carboxylic acids is 1. The molecule has 0 saturated heterocycles. The molecule has 1 aromatic rings. The first kappa shape index (κ1) is 14.0. The van der Waals surface area contributed by atoms with E-state index in [4.69, 9.17) is 0 Å². The monoisotopic (exact) mass is 252 g/mol. The molecule has 6 heteroatoms. The number of allylic oxidation sites excluding steroid dienone is 1. The third-order valence-corrected chi connectivity index (χ3v) is 2.31. The molecule has 0 saturated carbocycles. The third kappa shape index (κ3) is 3.44. The zero-order chi connectivity index (χ0) is 13.5. The standard InChI is InChI=1S/C12H16N2O4/c1-3-13-9-7-10(15)14(12(13)17)8-5-6-11(16)18-4-2/h5-7,9H,3-4,8H2,1-2H3/b6-5+. The summed E-state index contributed by atoms with van der Waals surface area (Å²) < 4.78 is 7.16. The van der Waals surface area contributed by atoms with Crippen molar-refractivity contribution in [3.8, 4) is 0 Å². The van der Waals surface area contributed by atoms with E-state index in [-0.39, 0.29) is 13.2 Å². The van der Waals surface area contributed by atoms with Crippen molar-refractivity contribution in [2.45, 2.75) is 26.9 Å². The molecule has 0 aliphatic carbocycles. The number of ether oxygens (including phenoxy) is 1. The van der Waals surface area contributed by atoms with E-state index < -0.39 is 17.2 Å². The summed E-state index contributed by atoms with van der Waals surface area (Å²) in [5, 5.41) is 0. The minimum absolute atomic E-state index is 0.0529. The number of aryl methyl sites for hydroxylation is 1. The van der Waals surface area contributed by atoms with Gasteiger partial charge in [0.2, 0.25) is 0 Å². The molecular weight excluding hydrogens is 236 g/mol. The summed E-state index contributed by atoms with van der Waals surface area (Å²) >= 11 is 0. The van der Waals surface area contributed by atoms with Crippen molar-refractivity contribution in [1.82, 2.24) is 9.13 Å². The van der Waals surface area contributed by atoms with Gasteiger partial charge in [0.25, 0.3) is 5.56 Å². The van der Waals surface area contributed by atoms with Crippen LogP contribution < -0.4 is 11.2 Å². The summed E-state index contributed by atoms with van der Waals surface area (Å²) in [5.41, 5.74) is -0.781. The van der Waals surface area contributed by atoms with E-state index in [9.17, 15) is 14.4 Å². The highest BCUT2D eigenvalue weighted by Crippen LogP contribution is 1.84. The largest absolute Gasteiger partial charge is 0.463 e. The molecular formula is C12H16N2O4. The maximum absolute atomic E-state index is 11.8. The second kappa shape index (κ2) is 6.58. The normalized spacial score (nSPS) is 10.8. The van der Waals surface area contributed by atoms with Gasteiger partial charge in [-0.1, -0.05) is 6.08 Å². The average molecular weight is 252 g/mol. The molecule has 0 aromatic carbocycles. The van der Waals surface area contributed by atoms with Gasteiger partial charge in [-0.15, -0.1) is 0 Å². The number of nitrogens with zero attached hydrogens (tertiary/aromatic N) is 2. The van der Waals surface area contributed by atoms with E-state index in [1.807, 2.05) is 6.92 Å². The maximum Gasteiger partial charge on any atom is 0.331 e. The number of hydrogen-bond donors (Lipinski definition) is 0. The highest BCUT2D eigenvalue weighted by Gasteiger charge is 2.02. The van der Waals surface area contributed by atoms with Crippen molar-refractivity contribution in [3.63, 3.8) is 0 Å². The Hall–Kier alpha value is -2.11. The molecule has 0 N–H and O–H groups in total. The molecule has 0 bridgehead atoms. The van der Waals surface area contributed by atoms with Gasteiger partial charge in [-0.05, 0) is 13.8 Å². The van der Waals surface area contributed by atoms with Gasteiger partial charge in [0, 0.05) is 31.4 Å². The van der Waals surface area contributed by atoms with Gasteiger partial charge in [-0.25, -0.2) is 9.59 Å². The average Bonchev–Trinajstić information content (AvgIpc) is 2.34. The molecule has 18 heavy (non-hydrogen) atoms. The third-order valence-electron chi connectivity index (χ3n) is 2.31. The first-order chi connectivity index (χ1) is 8.60. The van der Waals surface area contributed by atoms with Gasteiger partial charge < -0.3 is 9.30 Å². The van der Waals surface area contributed by atoms with Crippen molar-refractivity contribution in [2.24, 2.45) is 0 Å². The van der Waals surface area contributed by atoms with Gasteiger partial charge in [0.1, 0.15) is 0 Å². The molecule has 98 valence electrons. The highest BCUT2D eigenvalue weighted by molar-refractivity contribution is 5.81. The Morgan fingerprint density at radius 1 is 1.39 bits per heavy atom. The Morgan fingerprint density at radius 2 is 2.11 bits per heavy atom. The highest BCUT2D eigenvalue weighted by atomic mass is 16.5. The molecule has 0 radical (unpaired) electrons. The van der Waals surface area contributed by atoms with Crippen molar-refractivity contribution in [2.75, 3.05) is 6.61 Å². The molecule has 6 nitrogen and oxygen atoms in total. The number of esters is 1. The van der Waals surface area contributed by atoms with Crippen LogP contribution in [-0.2, 0) is 22.6 Å². The van der Waals surface area contributed by atoms with Crippen molar-refractivity contribution in [1.29, 1.82) is 0 Å². The van der Waals surface area contributed by atoms with Gasteiger partial charge in [-0.2, -0.15) is 0 Å². The van der Waals surface area contributed by atoms with E-state index in [1.165, 1.54) is 29.0 Å². The summed E-state index contributed by atoms with van der Waals surface area (Å²) in [5.74, 6) is -0.489. The van der Waals surface area contributed by atoms with E-state index in [2.05, 4.69) is 4.74 Å². The molecule has 0 unspecified atom stereocenters. The van der Waals surface area contributed by atoms with Crippen LogP contribution in [0.1, 0.15) is 13.8 Å². The van der Waals surface area contributed by atoms with Gasteiger partial charge in [-0.3, -0.25) is 9.36 Å². The van der Waals surface area contributed by atoms with Crippen molar-refractivity contribution in [3.05, 3.63) is 45.3 Å². The molecule has 0 atom stereocenters. The zero-order valence-electron chi connectivity index (χ0n) is 10.5. The molecule has 1 rings (SSSR count). The summed E-state index contributed by atoms with van der Waals surface area (Å²) in [6.07, 6.45) is 4.09. The predicted octanol–water partition coefficient (Wildman–Crippen LogP) is 0.149. The number of aromatic nitrogens is 2. The van der Waals surface area contributed by atoms with Crippen LogP contribution in [0, 0.1) is 0 Å². The Kier molecular flexibility index (Phi) is 5.10. The predicted molar refractivity (Wildman–Crippen MR) is 66.4 cm³/mol. The van der Waals surface area contributed by atoms with Crippen LogP contribution in [-0.4, -0.2) is 21.7 Å². The summed E-state index contributed by atoms with van der Waals surface area (Å²) in [7, 11) is 0. The molecule has 0 aliphatic rings. The number of rotatable bonds is 5. The van der Waals surface area contributed by atoms with Crippen LogP contribution in [0.3, 0.4) is 0 Å². The fourth-order valence-corrected chi connectivity index (χ4v) is 1.41. The Morgan fingerprint density at radius 3 is 2.72 bits per heavy atom. The van der Waals surface area contributed by atoms with Crippen LogP contribution in [0.2, 0.25) is 0 Å². The Bertz CT molecular complexity index is 554. The minimum atomic E-state index is -0.489. The van der Waals surface area contributed by atoms with E-state index in [0.717, 1.165) is 4.57 Å². The van der Waals surface area contributed by atoms with Gasteiger partial charge in [0.05, 0.1) is 6.61 Å². The van der Waals surface area contributed by atoms with E-state index >= 15 is 0 Å². The molecule has 1 aromatic heterocycles. The van der Waals surface area contributed by atoms with E-state index in [0.29, 0.717) is 6.54 Å². The fourth-order valence-electron chi connectivity index (χ4n) is 1.41. The smallest absolute Gasteiger partial charge is 0.331 e. The first-order valence-corrected chi connectivity index (χ1v) is 5.73. The SMILES string of the molecule is CCOC(=O)/C=C/Cn1c(=O)ccn(CC)c1=O. The maximum atomic E-state index is 11.8. The Balaban J connectivity index is 2.89.